The number of aromatic nitrogens is 1. The Morgan fingerprint density at radius 2 is 2.06 bits per heavy atom. The number of amides is 2. The number of nitrogens with one attached hydrogen (secondary N) is 2. The van der Waals surface area contributed by atoms with Gasteiger partial charge in [-0.25, -0.2) is 9.78 Å². The van der Waals surface area contributed by atoms with Gasteiger partial charge in [0.1, 0.15) is 0 Å². The highest BCUT2D eigenvalue weighted by Gasteiger charge is 2.08. The summed E-state index contributed by atoms with van der Waals surface area (Å²) in [4.78, 5) is 15.8. The van der Waals surface area contributed by atoms with Gasteiger partial charge in [-0.1, -0.05) is 18.2 Å². The topological polar surface area (TPSA) is 54.0 Å². The van der Waals surface area contributed by atoms with E-state index in [9.17, 15) is 4.79 Å². The number of thiazole rings is 1. The molecule has 18 heavy (non-hydrogen) atoms. The number of thiophene rings is 1. The smallest absolute Gasteiger partial charge is 0.306 e. The van der Waals surface area contributed by atoms with Crippen LogP contribution in [-0.2, 0) is 0 Å². The first kappa shape index (κ1) is 11.2. The van der Waals surface area contributed by atoms with Gasteiger partial charge in [0.2, 0.25) is 0 Å². The molecule has 3 aromatic rings. The monoisotopic (exact) mass is 275 g/mol. The van der Waals surface area contributed by atoms with Gasteiger partial charge in [-0.3, -0.25) is 5.32 Å². The summed E-state index contributed by atoms with van der Waals surface area (Å²) in [6, 6.07) is 7.69. The van der Waals surface area contributed by atoms with Gasteiger partial charge >= 0.3 is 6.03 Å². The van der Waals surface area contributed by atoms with Gasteiger partial charge in [0.15, 0.2) is 5.13 Å². The summed E-state index contributed by atoms with van der Waals surface area (Å²) in [6.07, 6.45) is 1.65. The number of rotatable bonds is 2. The SMILES string of the molecule is O=C(Nc1nccs1)Nc1csc2ccccc12. The molecule has 0 atom stereocenters. The summed E-state index contributed by atoms with van der Waals surface area (Å²) >= 11 is 3.00. The normalized spacial score (nSPS) is 10.4. The molecule has 0 saturated heterocycles. The zero-order valence-electron chi connectivity index (χ0n) is 9.21. The maximum absolute atomic E-state index is 11.8. The number of hydrogen-bond acceptors (Lipinski definition) is 4. The average Bonchev–Trinajstić information content (AvgIpc) is 3.00. The molecular formula is C12H9N3OS2. The fraction of sp³-hybridized carbons (Fsp3) is 0. The molecule has 0 bridgehead atoms. The molecule has 0 spiro atoms. The van der Waals surface area contributed by atoms with Crippen molar-refractivity contribution >= 4 is 49.6 Å². The van der Waals surface area contributed by atoms with E-state index in [0.717, 1.165) is 15.8 Å². The number of urea groups is 1. The number of fused-ring (bicyclic) bond motifs is 1. The van der Waals surface area contributed by atoms with Crippen molar-refractivity contribution in [2.24, 2.45) is 0 Å². The predicted octanol–water partition coefficient (Wildman–Crippen LogP) is 4.00. The lowest BCUT2D eigenvalue weighted by Crippen LogP contribution is -2.18. The van der Waals surface area contributed by atoms with Gasteiger partial charge in [0, 0.05) is 27.0 Å². The molecular weight excluding hydrogens is 266 g/mol. The standard InChI is InChI=1S/C12H9N3OS2/c16-11(15-12-13-5-6-17-12)14-9-7-18-10-4-2-1-3-8(9)10/h1-7H,(H2,13,14,15,16). The quantitative estimate of drug-likeness (QED) is 0.742. The molecule has 0 radical (unpaired) electrons. The first-order chi connectivity index (χ1) is 8.83. The maximum Gasteiger partial charge on any atom is 0.325 e. The molecule has 3 rings (SSSR count). The number of carbonyl (C=O) groups is 1. The molecule has 2 heterocycles. The second kappa shape index (κ2) is 4.75. The lowest BCUT2D eigenvalue weighted by Gasteiger charge is -2.03. The van der Waals surface area contributed by atoms with Gasteiger partial charge < -0.3 is 5.32 Å². The van der Waals surface area contributed by atoms with Gasteiger partial charge in [0.25, 0.3) is 0 Å². The van der Waals surface area contributed by atoms with Crippen LogP contribution < -0.4 is 10.6 Å². The third-order valence-electron chi connectivity index (χ3n) is 2.38. The summed E-state index contributed by atoms with van der Waals surface area (Å²) in [5.41, 5.74) is 0.824. The predicted molar refractivity (Wildman–Crippen MR) is 76.6 cm³/mol. The maximum atomic E-state index is 11.8. The Hall–Kier alpha value is -1.92. The lowest BCUT2D eigenvalue weighted by molar-refractivity contribution is 0.262. The first-order valence-corrected chi connectivity index (χ1v) is 7.02. The molecule has 1 aromatic carbocycles. The van der Waals surface area contributed by atoms with Crippen molar-refractivity contribution in [2.45, 2.75) is 0 Å². The van der Waals surface area contributed by atoms with Crippen LogP contribution in [0.25, 0.3) is 10.1 Å². The average molecular weight is 275 g/mol. The molecule has 90 valence electrons. The van der Waals surface area contributed by atoms with Crippen molar-refractivity contribution in [3.63, 3.8) is 0 Å². The van der Waals surface area contributed by atoms with E-state index in [-0.39, 0.29) is 6.03 Å². The molecule has 4 nitrogen and oxygen atoms in total. The summed E-state index contributed by atoms with van der Waals surface area (Å²) in [7, 11) is 0. The third kappa shape index (κ3) is 2.20. The van der Waals surface area contributed by atoms with E-state index in [0.29, 0.717) is 5.13 Å². The van der Waals surface area contributed by atoms with E-state index < -0.39 is 0 Å². The van der Waals surface area contributed by atoms with E-state index >= 15 is 0 Å². The molecule has 0 unspecified atom stereocenters. The Bertz CT molecular complexity index is 676. The van der Waals surface area contributed by atoms with Crippen LogP contribution in [0.15, 0.2) is 41.2 Å². The van der Waals surface area contributed by atoms with E-state index in [1.807, 2.05) is 35.0 Å². The third-order valence-corrected chi connectivity index (χ3v) is 4.03. The van der Waals surface area contributed by atoms with Crippen molar-refractivity contribution in [2.75, 3.05) is 10.6 Å². The molecule has 6 heteroatoms. The van der Waals surface area contributed by atoms with Crippen molar-refractivity contribution in [3.8, 4) is 0 Å². The summed E-state index contributed by atoms with van der Waals surface area (Å²) in [5, 5.41) is 10.9. The fourth-order valence-corrected chi connectivity index (χ4v) is 3.03. The summed E-state index contributed by atoms with van der Waals surface area (Å²) < 4.78 is 1.15. The highest BCUT2D eigenvalue weighted by atomic mass is 32.1. The van der Waals surface area contributed by atoms with E-state index in [1.165, 1.54) is 11.3 Å². The van der Waals surface area contributed by atoms with Crippen LogP contribution in [0.4, 0.5) is 15.6 Å². The highest BCUT2D eigenvalue weighted by Crippen LogP contribution is 2.29. The van der Waals surface area contributed by atoms with Crippen LogP contribution in [-0.4, -0.2) is 11.0 Å². The van der Waals surface area contributed by atoms with Crippen LogP contribution in [0.1, 0.15) is 0 Å². The van der Waals surface area contributed by atoms with Crippen LogP contribution in [0, 0.1) is 0 Å². The van der Waals surface area contributed by atoms with Crippen molar-refractivity contribution in [1.82, 2.24) is 4.98 Å². The fourth-order valence-electron chi connectivity index (χ4n) is 1.61. The molecule has 0 fully saturated rings. The van der Waals surface area contributed by atoms with Gasteiger partial charge in [-0.15, -0.1) is 22.7 Å². The first-order valence-electron chi connectivity index (χ1n) is 5.26. The number of hydrogen-bond donors (Lipinski definition) is 2. The Kier molecular flexibility index (Phi) is 2.95. The largest absolute Gasteiger partial charge is 0.325 e. The Labute approximate surface area is 111 Å². The molecule has 0 saturated carbocycles. The van der Waals surface area contributed by atoms with Crippen LogP contribution in [0.3, 0.4) is 0 Å². The second-order valence-electron chi connectivity index (χ2n) is 3.56. The Morgan fingerprint density at radius 1 is 1.17 bits per heavy atom. The summed E-state index contributed by atoms with van der Waals surface area (Å²) in [5.74, 6) is 0. The molecule has 2 amide bonds. The minimum absolute atomic E-state index is 0.270. The number of benzene rings is 1. The van der Waals surface area contributed by atoms with Crippen LogP contribution >= 0.6 is 22.7 Å². The van der Waals surface area contributed by atoms with Gasteiger partial charge in [-0.05, 0) is 6.07 Å². The lowest BCUT2D eigenvalue weighted by atomic mass is 10.2. The van der Waals surface area contributed by atoms with E-state index in [1.54, 1.807) is 17.5 Å². The molecule has 0 aliphatic carbocycles. The Balaban J connectivity index is 1.78. The van der Waals surface area contributed by atoms with Crippen molar-refractivity contribution < 1.29 is 4.79 Å². The zero-order valence-corrected chi connectivity index (χ0v) is 10.8. The van der Waals surface area contributed by atoms with E-state index in [2.05, 4.69) is 15.6 Å². The van der Waals surface area contributed by atoms with E-state index in [4.69, 9.17) is 0 Å². The van der Waals surface area contributed by atoms with Crippen LogP contribution in [0.5, 0.6) is 0 Å². The minimum atomic E-state index is -0.270. The molecule has 2 aromatic heterocycles. The molecule has 0 aliphatic rings. The highest BCUT2D eigenvalue weighted by molar-refractivity contribution is 7.17. The number of carbonyl (C=O) groups excluding carboxylic acids is 1. The summed E-state index contributed by atoms with van der Waals surface area (Å²) in [6.45, 7) is 0. The van der Waals surface area contributed by atoms with Crippen molar-refractivity contribution in [3.05, 3.63) is 41.2 Å². The minimum Gasteiger partial charge on any atom is -0.306 e. The molecule has 2 N–H and O–H groups in total. The zero-order chi connectivity index (χ0) is 12.4. The number of nitrogens with zero attached hydrogens (tertiary/aromatic N) is 1. The number of anilines is 2. The molecule has 0 aliphatic heterocycles. The van der Waals surface area contributed by atoms with Gasteiger partial charge in [-0.2, -0.15) is 0 Å². The van der Waals surface area contributed by atoms with Crippen LogP contribution in [0.2, 0.25) is 0 Å². The Morgan fingerprint density at radius 3 is 2.89 bits per heavy atom. The van der Waals surface area contributed by atoms with Gasteiger partial charge in [0.05, 0.1) is 5.69 Å². The second-order valence-corrected chi connectivity index (χ2v) is 5.37. The van der Waals surface area contributed by atoms with Crippen molar-refractivity contribution in [1.29, 1.82) is 0 Å².